The average Bonchev–Trinajstić information content (AvgIpc) is 2.49. The number of dihydropyridines is 1. The van der Waals surface area contributed by atoms with Gasteiger partial charge in [-0.15, -0.1) is 0 Å². The summed E-state index contributed by atoms with van der Waals surface area (Å²) in [4.78, 5) is 16.3. The summed E-state index contributed by atoms with van der Waals surface area (Å²) in [7, 11) is 0. The second-order valence-electron chi connectivity index (χ2n) is 6.25. The van der Waals surface area contributed by atoms with Gasteiger partial charge in [0, 0.05) is 24.1 Å². The topological polar surface area (TPSA) is 38.7 Å². The van der Waals surface area contributed by atoms with Crippen LogP contribution in [0.3, 0.4) is 0 Å². The second-order valence-corrected chi connectivity index (χ2v) is 6.25. The van der Waals surface area contributed by atoms with Gasteiger partial charge in [0.15, 0.2) is 0 Å². The number of hydrogen-bond donors (Lipinski definition) is 0. The number of esters is 1. The van der Waals surface area contributed by atoms with Crippen LogP contribution in [0.25, 0.3) is 5.57 Å². The van der Waals surface area contributed by atoms with Crippen molar-refractivity contribution in [2.24, 2.45) is 10.4 Å². The van der Waals surface area contributed by atoms with Crippen LogP contribution in [-0.4, -0.2) is 24.8 Å². The van der Waals surface area contributed by atoms with Gasteiger partial charge in [0.25, 0.3) is 0 Å². The molecule has 2 rings (SSSR count). The number of carbonyl (C=O) groups is 1. The molecule has 0 fully saturated rings. The van der Waals surface area contributed by atoms with Crippen LogP contribution < -0.4 is 0 Å². The molecule has 0 unspecified atom stereocenters. The highest BCUT2D eigenvalue weighted by molar-refractivity contribution is 6.01. The molecule has 118 valence electrons. The van der Waals surface area contributed by atoms with Crippen molar-refractivity contribution in [2.45, 2.75) is 40.5 Å². The molecule has 3 heteroatoms. The molecule has 0 N–H and O–H groups in total. The van der Waals surface area contributed by atoms with Gasteiger partial charge in [0.2, 0.25) is 0 Å². The Morgan fingerprint density at radius 2 is 1.95 bits per heavy atom. The highest BCUT2D eigenvalue weighted by Gasteiger charge is 2.32. The zero-order valence-electron chi connectivity index (χ0n) is 14.0. The fourth-order valence-corrected chi connectivity index (χ4v) is 2.80. The maximum atomic E-state index is 11.7. The van der Waals surface area contributed by atoms with E-state index in [0.717, 1.165) is 18.7 Å². The molecule has 0 aromatic heterocycles. The van der Waals surface area contributed by atoms with E-state index in [2.05, 4.69) is 49.2 Å². The van der Waals surface area contributed by atoms with E-state index in [0.29, 0.717) is 13.0 Å². The molecule has 0 saturated carbocycles. The third-order valence-corrected chi connectivity index (χ3v) is 4.23. The van der Waals surface area contributed by atoms with Crippen molar-refractivity contribution >= 4 is 17.3 Å². The monoisotopic (exact) mass is 299 g/mol. The number of allylic oxidation sites excluding steroid dienone is 1. The number of rotatable bonds is 5. The van der Waals surface area contributed by atoms with E-state index >= 15 is 0 Å². The molecule has 1 aliphatic heterocycles. The quantitative estimate of drug-likeness (QED) is 0.764. The van der Waals surface area contributed by atoms with Crippen molar-refractivity contribution in [1.82, 2.24) is 0 Å². The molecule has 0 saturated heterocycles. The summed E-state index contributed by atoms with van der Waals surface area (Å²) in [5.74, 6) is -0.127. The van der Waals surface area contributed by atoms with Gasteiger partial charge in [-0.05, 0) is 44.4 Å². The minimum atomic E-state index is -0.127. The van der Waals surface area contributed by atoms with Crippen LogP contribution in [0.15, 0.2) is 35.3 Å². The third-order valence-electron chi connectivity index (χ3n) is 4.23. The number of hydrogen-bond acceptors (Lipinski definition) is 3. The molecule has 22 heavy (non-hydrogen) atoms. The Bertz CT molecular complexity index is 598. The summed E-state index contributed by atoms with van der Waals surface area (Å²) < 4.78 is 5.06. The van der Waals surface area contributed by atoms with E-state index in [9.17, 15) is 4.79 Å². The standard InChI is InChI=1S/C19H25NO2/c1-5-22-18(21)10-11-19(4)13-20-15(3)12-17(19)16-8-6-14(2)7-9-16/h6-9,12H,5,10-11,13H2,1-4H3/t19-/m0/s1. The van der Waals surface area contributed by atoms with Crippen LogP contribution in [0.5, 0.6) is 0 Å². The Kier molecular flexibility index (Phi) is 5.17. The summed E-state index contributed by atoms with van der Waals surface area (Å²) >= 11 is 0. The van der Waals surface area contributed by atoms with Crippen LogP contribution in [0, 0.1) is 12.3 Å². The molecule has 1 heterocycles. The van der Waals surface area contributed by atoms with Gasteiger partial charge >= 0.3 is 5.97 Å². The minimum Gasteiger partial charge on any atom is -0.466 e. The summed E-state index contributed by atoms with van der Waals surface area (Å²) in [5, 5.41) is 0. The van der Waals surface area contributed by atoms with Gasteiger partial charge in [-0.25, -0.2) is 0 Å². The van der Waals surface area contributed by atoms with Crippen LogP contribution in [0.2, 0.25) is 0 Å². The van der Waals surface area contributed by atoms with E-state index in [4.69, 9.17) is 4.74 Å². The zero-order chi connectivity index (χ0) is 16.2. The van der Waals surface area contributed by atoms with Gasteiger partial charge in [-0.2, -0.15) is 0 Å². The highest BCUT2D eigenvalue weighted by atomic mass is 16.5. The van der Waals surface area contributed by atoms with Crippen LogP contribution in [-0.2, 0) is 9.53 Å². The number of aryl methyl sites for hydroxylation is 1. The molecule has 1 aromatic rings. The molecule has 0 radical (unpaired) electrons. The first-order chi connectivity index (χ1) is 10.4. The number of ether oxygens (including phenoxy) is 1. The summed E-state index contributed by atoms with van der Waals surface area (Å²) in [6, 6.07) is 8.57. The summed E-state index contributed by atoms with van der Waals surface area (Å²) in [5.41, 5.74) is 4.65. The van der Waals surface area contributed by atoms with Gasteiger partial charge in [-0.1, -0.05) is 36.8 Å². The lowest BCUT2D eigenvalue weighted by Crippen LogP contribution is -2.27. The van der Waals surface area contributed by atoms with Gasteiger partial charge in [0.05, 0.1) is 6.61 Å². The number of benzene rings is 1. The molecule has 1 aromatic carbocycles. The van der Waals surface area contributed by atoms with Crippen LogP contribution in [0.1, 0.15) is 44.7 Å². The highest BCUT2D eigenvalue weighted by Crippen LogP contribution is 2.41. The largest absolute Gasteiger partial charge is 0.466 e. The lowest BCUT2D eigenvalue weighted by atomic mass is 9.73. The average molecular weight is 299 g/mol. The Hall–Kier alpha value is -1.90. The maximum absolute atomic E-state index is 11.7. The maximum Gasteiger partial charge on any atom is 0.305 e. The molecule has 0 aliphatic carbocycles. The third kappa shape index (κ3) is 3.85. The first-order valence-electron chi connectivity index (χ1n) is 7.90. The van der Waals surface area contributed by atoms with Crippen molar-refractivity contribution in [3.05, 3.63) is 41.5 Å². The fraction of sp³-hybridized carbons (Fsp3) is 0.474. The van der Waals surface area contributed by atoms with E-state index in [-0.39, 0.29) is 11.4 Å². The van der Waals surface area contributed by atoms with Crippen molar-refractivity contribution in [3.63, 3.8) is 0 Å². The van der Waals surface area contributed by atoms with E-state index in [1.165, 1.54) is 16.7 Å². The first-order valence-corrected chi connectivity index (χ1v) is 7.90. The SMILES string of the molecule is CCOC(=O)CC[C@@]1(C)CN=C(C)C=C1c1ccc(C)cc1. The summed E-state index contributed by atoms with van der Waals surface area (Å²) in [6.07, 6.45) is 3.34. The number of carbonyl (C=O) groups excluding carboxylic acids is 1. The van der Waals surface area contributed by atoms with Crippen molar-refractivity contribution < 1.29 is 9.53 Å². The summed E-state index contributed by atoms with van der Waals surface area (Å²) in [6.45, 7) is 9.30. The predicted molar refractivity (Wildman–Crippen MR) is 91.1 cm³/mol. The van der Waals surface area contributed by atoms with Crippen LogP contribution in [0.4, 0.5) is 0 Å². The molecule has 0 amide bonds. The van der Waals surface area contributed by atoms with Gasteiger partial charge in [0.1, 0.15) is 0 Å². The minimum absolute atomic E-state index is 0.123. The Balaban J connectivity index is 2.23. The Morgan fingerprint density at radius 1 is 1.27 bits per heavy atom. The van der Waals surface area contributed by atoms with E-state index in [1.54, 1.807) is 0 Å². The van der Waals surface area contributed by atoms with E-state index < -0.39 is 0 Å². The molecule has 3 nitrogen and oxygen atoms in total. The van der Waals surface area contributed by atoms with Crippen molar-refractivity contribution in [1.29, 1.82) is 0 Å². The normalized spacial score (nSPS) is 21.1. The lowest BCUT2D eigenvalue weighted by Gasteiger charge is -2.34. The van der Waals surface area contributed by atoms with E-state index in [1.807, 2.05) is 13.8 Å². The molecule has 0 bridgehead atoms. The second kappa shape index (κ2) is 6.91. The van der Waals surface area contributed by atoms with Gasteiger partial charge in [-0.3, -0.25) is 9.79 Å². The molecular weight excluding hydrogens is 274 g/mol. The Labute approximate surface area is 133 Å². The molecule has 1 aliphatic rings. The molecule has 1 atom stereocenters. The predicted octanol–water partition coefficient (Wildman–Crippen LogP) is 4.20. The molecule has 0 spiro atoms. The number of nitrogens with zero attached hydrogens (tertiary/aromatic N) is 1. The smallest absolute Gasteiger partial charge is 0.305 e. The molecular formula is C19H25NO2. The Morgan fingerprint density at radius 3 is 2.59 bits per heavy atom. The fourth-order valence-electron chi connectivity index (χ4n) is 2.80. The lowest BCUT2D eigenvalue weighted by molar-refractivity contribution is -0.143. The van der Waals surface area contributed by atoms with Crippen LogP contribution >= 0.6 is 0 Å². The first kappa shape index (κ1) is 16.5. The van der Waals surface area contributed by atoms with Gasteiger partial charge < -0.3 is 4.74 Å². The van der Waals surface area contributed by atoms with Crippen molar-refractivity contribution in [3.8, 4) is 0 Å². The van der Waals surface area contributed by atoms with Crippen molar-refractivity contribution in [2.75, 3.05) is 13.2 Å². The number of aliphatic imine (C=N–C) groups is 1. The zero-order valence-corrected chi connectivity index (χ0v) is 14.0.